The van der Waals surface area contributed by atoms with Crippen molar-refractivity contribution in [3.05, 3.63) is 55.0 Å². The van der Waals surface area contributed by atoms with Gasteiger partial charge in [0, 0.05) is 21.8 Å². The minimum atomic E-state index is -0.761. The molecule has 0 aromatic carbocycles. The van der Waals surface area contributed by atoms with Crippen molar-refractivity contribution in [2.45, 2.75) is 12.8 Å². The van der Waals surface area contributed by atoms with Crippen molar-refractivity contribution in [2.75, 3.05) is 10.7 Å². The third kappa shape index (κ3) is 3.73. The van der Waals surface area contributed by atoms with Gasteiger partial charge in [-0.1, -0.05) is 31.9 Å². The molecule has 0 unspecified atom stereocenters. The van der Waals surface area contributed by atoms with Crippen molar-refractivity contribution >= 4 is 49.4 Å². The molecule has 0 amide bonds. The molecule has 128 valence electrons. The van der Waals surface area contributed by atoms with Crippen molar-refractivity contribution in [1.82, 2.24) is 0 Å². The van der Waals surface area contributed by atoms with Gasteiger partial charge in [0.2, 0.25) is 0 Å². The summed E-state index contributed by atoms with van der Waals surface area (Å²) in [6, 6.07) is 2.33. The lowest BCUT2D eigenvalue weighted by atomic mass is 10.1. The fourth-order valence-electron chi connectivity index (χ4n) is 2.07. The summed E-state index contributed by atoms with van der Waals surface area (Å²) < 4.78 is 10.1. The summed E-state index contributed by atoms with van der Waals surface area (Å²) in [7, 11) is 0. The maximum absolute atomic E-state index is 12.6. The van der Waals surface area contributed by atoms with Crippen LogP contribution in [0.3, 0.4) is 0 Å². The second kappa shape index (κ2) is 7.71. The Morgan fingerprint density at radius 2 is 1.29 bits per heavy atom. The van der Waals surface area contributed by atoms with Crippen LogP contribution in [-0.2, 0) is 12.8 Å². The molecule has 0 aliphatic heterocycles. The van der Waals surface area contributed by atoms with Crippen molar-refractivity contribution in [3.63, 3.8) is 0 Å². The number of nitro groups is 2. The molecule has 2 heterocycles. The van der Waals surface area contributed by atoms with Gasteiger partial charge in [-0.2, -0.15) is 0 Å². The van der Waals surface area contributed by atoms with Gasteiger partial charge < -0.3 is 8.83 Å². The first-order valence-corrected chi connectivity index (χ1v) is 8.84. The lowest BCUT2D eigenvalue weighted by Gasteiger charge is -1.99. The molecule has 0 aliphatic carbocycles. The quantitative estimate of drug-likeness (QED) is 0.251. The fourth-order valence-corrected chi connectivity index (χ4v) is 2.93. The van der Waals surface area contributed by atoms with Gasteiger partial charge in [0.05, 0.1) is 12.1 Å². The number of aryl methyl sites for hydroxylation is 2. The zero-order chi connectivity index (χ0) is 17.9. The highest BCUT2D eigenvalue weighted by Crippen LogP contribution is 2.30. The van der Waals surface area contributed by atoms with E-state index in [1.165, 1.54) is 0 Å². The van der Waals surface area contributed by atoms with E-state index in [1.807, 2.05) is 0 Å². The van der Waals surface area contributed by atoms with E-state index in [9.17, 15) is 25.0 Å². The first-order chi connectivity index (χ1) is 11.4. The summed E-state index contributed by atoms with van der Waals surface area (Å²) in [5.41, 5.74) is 0.653. The maximum Gasteiger partial charge on any atom is 0.433 e. The summed E-state index contributed by atoms with van der Waals surface area (Å²) in [4.78, 5) is 32.9. The highest BCUT2D eigenvalue weighted by molar-refractivity contribution is 9.09. The molecule has 0 aliphatic rings. The van der Waals surface area contributed by atoms with Gasteiger partial charge in [0.1, 0.15) is 9.85 Å². The van der Waals surface area contributed by atoms with E-state index in [4.69, 9.17) is 8.83 Å². The first kappa shape index (κ1) is 18.3. The monoisotopic (exact) mass is 464 g/mol. The molecule has 0 radical (unpaired) electrons. The van der Waals surface area contributed by atoms with Crippen molar-refractivity contribution in [2.24, 2.45) is 0 Å². The van der Waals surface area contributed by atoms with Gasteiger partial charge in [0.15, 0.2) is 11.5 Å². The standard InChI is InChI=1S/C13H10Br2N2O7/c14-3-1-7-5-9(16(19)20)23-12(7)11(18)13-8(2-4-15)6-10(24-13)17(21)22/h5-6H,1-4H2. The molecular weight excluding hydrogens is 456 g/mol. The number of nitrogens with zero attached hydrogens (tertiary/aromatic N) is 2. The Labute approximate surface area is 151 Å². The van der Waals surface area contributed by atoms with Gasteiger partial charge >= 0.3 is 11.8 Å². The number of rotatable bonds is 8. The van der Waals surface area contributed by atoms with Crippen molar-refractivity contribution in [1.29, 1.82) is 0 Å². The lowest BCUT2D eigenvalue weighted by molar-refractivity contribution is -0.402. The average Bonchev–Trinajstić information content (AvgIpc) is 3.12. The zero-order valence-electron chi connectivity index (χ0n) is 12.0. The van der Waals surface area contributed by atoms with Gasteiger partial charge in [-0.25, -0.2) is 0 Å². The Bertz CT molecular complexity index is 732. The maximum atomic E-state index is 12.6. The summed E-state index contributed by atoms with van der Waals surface area (Å²) >= 11 is 6.39. The number of hydrogen-bond acceptors (Lipinski definition) is 7. The number of carbonyl (C=O) groups excluding carboxylic acids is 1. The number of ketones is 1. The van der Waals surface area contributed by atoms with E-state index in [0.29, 0.717) is 34.6 Å². The normalized spacial score (nSPS) is 10.8. The molecular formula is C13H10Br2N2O7. The summed E-state index contributed by atoms with van der Waals surface area (Å²) in [6.45, 7) is 0. The number of hydrogen-bond donors (Lipinski definition) is 0. The Hall–Kier alpha value is -2.01. The number of carbonyl (C=O) groups is 1. The van der Waals surface area contributed by atoms with Crippen LogP contribution < -0.4 is 0 Å². The Morgan fingerprint density at radius 3 is 1.58 bits per heavy atom. The van der Waals surface area contributed by atoms with Gasteiger partial charge in [-0.05, 0) is 12.8 Å². The molecule has 0 spiro atoms. The van der Waals surface area contributed by atoms with Crippen LogP contribution in [0.2, 0.25) is 0 Å². The van der Waals surface area contributed by atoms with Crippen LogP contribution >= 0.6 is 31.9 Å². The smallest absolute Gasteiger partial charge is 0.397 e. The average molecular weight is 466 g/mol. The fraction of sp³-hybridized carbons (Fsp3) is 0.308. The molecule has 0 fully saturated rings. The molecule has 0 atom stereocenters. The van der Waals surface area contributed by atoms with E-state index in [1.54, 1.807) is 0 Å². The summed E-state index contributed by atoms with van der Waals surface area (Å²) in [5.74, 6) is -2.40. The third-order valence-electron chi connectivity index (χ3n) is 3.09. The number of halogens is 2. The molecule has 9 nitrogen and oxygen atoms in total. The zero-order valence-corrected chi connectivity index (χ0v) is 15.2. The van der Waals surface area contributed by atoms with Crippen LogP contribution in [0.1, 0.15) is 27.4 Å². The number of furan rings is 2. The Morgan fingerprint density at radius 1 is 0.917 bits per heavy atom. The molecule has 24 heavy (non-hydrogen) atoms. The van der Waals surface area contributed by atoms with E-state index in [0.717, 1.165) is 12.1 Å². The van der Waals surface area contributed by atoms with Crippen molar-refractivity contribution < 1.29 is 23.5 Å². The highest BCUT2D eigenvalue weighted by atomic mass is 79.9. The van der Waals surface area contributed by atoms with Crippen LogP contribution in [0.15, 0.2) is 21.0 Å². The molecule has 0 bridgehead atoms. The highest BCUT2D eigenvalue weighted by Gasteiger charge is 2.30. The molecule has 2 aromatic rings. The largest absolute Gasteiger partial charge is 0.433 e. The minimum Gasteiger partial charge on any atom is -0.397 e. The molecule has 11 heteroatoms. The molecule has 2 aromatic heterocycles. The van der Waals surface area contributed by atoms with Crippen LogP contribution in [0, 0.1) is 20.2 Å². The molecule has 0 saturated carbocycles. The van der Waals surface area contributed by atoms with Gasteiger partial charge in [0.25, 0.3) is 5.78 Å². The van der Waals surface area contributed by atoms with Crippen LogP contribution in [0.4, 0.5) is 11.8 Å². The molecule has 0 N–H and O–H groups in total. The van der Waals surface area contributed by atoms with E-state index >= 15 is 0 Å². The second-order valence-electron chi connectivity index (χ2n) is 4.60. The van der Waals surface area contributed by atoms with Crippen LogP contribution in [0.25, 0.3) is 0 Å². The Kier molecular flexibility index (Phi) is 5.89. The van der Waals surface area contributed by atoms with E-state index in [2.05, 4.69) is 31.9 Å². The molecule has 2 rings (SSSR count). The topological polar surface area (TPSA) is 130 Å². The molecule has 0 saturated heterocycles. The lowest BCUT2D eigenvalue weighted by Crippen LogP contribution is -2.05. The summed E-state index contributed by atoms with van der Waals surface area (Å²) in [5, 5.41) is 22.6. The first-order valence-electron chi connectivity index (χ1n) is 6.59. The predicted molar refractivity (Wildman–Crippen MR) is 89.2 cm³/mol. The predicted octanol–water partition coefficient (Wildman–Crippen LogP) is 3.79. The van der Waals surface area contributed by atoms with Crippen LogP contribution in [-0.4, -0.2) is 26.3 Å². The van der Waals surface area contributed by atoms with Gasteiger partial charge in [-0.3, -0.25) is 25.0 Å². The van der Waals surface area contributed by atoms with Crippen LogP contribution in [0.5, 0.6) is 0 Å². The van der Waals surface area contributed by atoms with Gasteiger partial charge in [-0.15, -0.1) is 0 Å². The second-order valence-corrected chi connectivity index (χ2v) is 6.19. The Balaban J connectivity index is 2.51. The van der Waals surface area contributed by atoms with E-state index in [-0.39, 0.29) is 11.5 Å². The summed E-state index contributed by atoms with van der Waals surface area (Å²) in [6.07, 6.45) is 0.629. The third-order valence-corrected chi connectivity index (χ3v) is 3.88. The SMILES string of the molecule is O=C(c1oc([N+](=O)[O-])cc1CCBr)c1oc([N+](=O)[O-])cc1CCBr. The van der Waals surface area contributed by atoms with E-state index < -0.39 is 27.4 Å². The number of alkyl halides is 2. The minimum absolute atomic E-state index is 0.249. The van der Waals surface area contributed by atoms with Crippen molar-refractivity contribution in [3.8, 4) is 0 Å².